The second-order valence-corrected chi connectivity index (χ2v) is 8.56. The van der Waals surface area contributed by atoms with Crippen molar-refractivity contribution < 1.29 is 22.7 Å². The highest BCUT2D eigenvalue weighted by atomic mass is 32.2. The molecule has 1 amide bonds. The number of thioether (sulfide) groups is 1. The molecule has 1 saturated heterocycles. The van der Waals surface area contributed by atoms with Crippen LogP contribution in [0.3, 0.4) is 0 Å². The van der Waals surface area contributed by atoms with Crippen molar-refractivity contribution in [2.45, 2.75) is 23.3 Å². The van der Waals surface area contributed by atoms with Gasteiger partial charge in [0.2, 0.25) is 0 Å². The minimum absolute atomic E-state index is 0.0656. The maximum Gasteiger partial charge on any atom is 0.464 e. The second-order valence-electron chi connectivity index (χ2n) is 7.38. The van der Waals surface area contributed by atoms with E-state index in [-0.39, 0.29) is 11.3 Å². The van der Waals surface area contributed by atoms with Crippen LogP contribution in [0.1, 0.15) is 22.6 Å². The number of primary amides is 1. The van der Waals surface area contributed by atoms with Gasteiger partial charge in [-0.3, -0.25) is 0 Å². The second kappa shape index (κ2) is 8.88. The molecule has 3 aromatic rings. The van der Waals surface area contributed by atoms with Crippen LogP contribution >= 0.6 is 11.8 Å². The van der Waals surface area contributed by atoms with Gasteiger partial charge in [-0.15, -0.1) is 0 Å². The molecule has 2 atom stereocenters. The molecule has 0 bridgehead atoms. The molecule has 2 unspecified atom stereocenters. The third-order valence-electron chi connectivity index (χ3n) is 5.45. The van der Waals surface area contributed by atoms with Gasteiger partial charge in [0.25, 0.3) is 5.06 Å². The van der Waals surface area contributed by atoms with Gasteiger partial charge in [-0.05, 0) is 11.1 Å². The van der Waals surface area contributed by atoms with Gasteiger partial charge in [0.1, 0.15) is 0 Å². The number of amides is 1. The van der Waals surface area contributed by atoms with E-state index in [4.69, 9.17) is 10.5 Å². The van der Waals surface area contributed by atoms with E-state index in [2.05, 4.69) is 0 Å². The number of rotatable bonds is 5. The number of hydrogen-bond acceptors (Lipinski definition) is 4. The highest BCUT2D eigenvalue weighted by molar-refractivity contribution is 8.00. The summed E-state index contributed by atoms with van der Waals surface area (Å²) < 4.78 is 49.4. The molecule has 1 aliphatic rings. The van der Waals surface area contributed by atoms with E-state index in [0.29, 0.717) is 4.90 Å². The lowest BCUT2D eigenvalue weighted by Crippen LogP contribution is -2.56. The first-order valence-electron chi connectivity index (χ1n) is 9.97. The van der Waals surface area contributed by atoms with E-state index >= 15 is 0 Å². The SMILES string of the molecule is NC(=O)OC1(c2ccccc2)SCC(C(c2ccccc2)c2ccccc2)N1C(F)(F)F. The van der Waals surface area contributed by atoms with Crippen LogP contribution < -0.4 is 5.73 Å². The summed E-state index contributed by atoms with van der Waals surface area (Å²) in [5.41, 5.74) is 6.95. The average Bonchev–Trinajstić information content (AvgIpc) is 3.16. The van der Waals surface area contributed by atoms with E-state index in [1.165, 1.54) is 12.1 Å². The first-order chi connectivity index (χ1) is 15.3. The third-order valence-corrected chi connectivity index (χ3v) is 6.87. The van der Waals surface area contributed by atoms with Crippen molar-refractivity contribution in [3.05, 3.63) is 108 Å². The third kappa shape index (κ3) is 4.20. The molecule has 1 aliphatic heterocycles. The highest BCUT2D eigenvalue weighted by Gasteiger charge is 2.63. The normalized spacial score (nSPS) is 21.6. The van der Waals surface area contributed by atoms with Crippen LogP contribution in [0.25, 0.3) is 0 Å². The largest absolute Gasteiger partial charge is 0.464 e. The number of halogens is 3. The number of ether oxygens (including phenoxy) is 1. The molecule has 0 aliphatic carbocycles. The minimum Gasteiger partial charge on any atom is -0.413 e. The van der Waals surface area contributed by atoms with E-state index in [1.54, 1.807) is 42.5 Å². The Kier molecular flexibility index (Phi) is 6.17. The Morgan fingerprint density at radius 1 is 0.938 bits per heavy atom. The van der Waals surface area contributed by atoms with Gasteiger partial charge in [-0.25, -0.2) is 4.79 Å². The first-order valence-corrected chi connectivity index (χ1v) is 11.0. The summed E-state index contributed by atoms with van der Waals surface area (Å²) in [4.78, 5) is 12.2. The zero-order valence-electron chi connectivity index (χ0n) is 16.9. The summed E-state index contributed by atoms with van der Waals surface area (Å²) in [5.74, 6) is -0.551. The number of benzene rings is 3. The van der Waals surface area contributed by atoms with Gasteiger partial charge in [0.15, 0.2) is 0 Å². The average molecular weight is 459 g/mol. The van der Waals surface area contributed by atoms with Crippen LogP contribution in [0, 0.1) is 0 Å². The van der Waals surface area contributed by atoms with Crippen molar-refractivity contribution in [2.24, 2.45) is 5.73 Å². The standard InChI is InChI=1S/C24H21F3N2O2S/c25-24(26,27)29-20(16-32-23(29,31-22(28)30)19-14-8-3-9-15-19)21(17-10-4-1-5-11-17)18-12-6-2-7-13-18/h1-15,20-21H,16H2,(H2,28,30). The number of nitrogens with two attached hydrogens (primary N) is 1. The monoisotopic (exact) mass is 458 g/mol. The Balaban J connectivity index is 1.90. The van der Waals surface area contributed by atoms with Crippen molar-refractivity contribution in [3.8, 4) is 0 Å². The number of carbonyl (C=O) groups is 1. The van der Waals surface area contributed by atoms with Crippen LogP contribution in [0.4, 0.5) is 18.0 Å². The lowest BCUT2D eigenvalue weighted by molar-refractivity contribution is -0.303. The van der Waals surface area contributed by atoms with Gasteiger partial charge >= 0.3 is 12.4 Å². The lowest BCUT2D eigenvalue weighted by Gasteiger charge is -2.41. The van der Waals surface area contributed by atoms with Crippen molar-refractivity contribution in [3.63, 3.8) is 0 Å². The topological polar surface area (TPSA) is 55.6 Å². The fourth-order valence-corrected chi connectivity index (χ4v) is 5.82. The number of alkyl halides is 3. The number of carbonyl (C=O) groups excluding carboxylic acids is 1. The summed E-state index contributed by atoms with van der Waals surface area (Å²) >= 11 is 0.915. The first kappa shape index (κ1) is 22.2. The summed E-state index contributed by atoms with van der Waals surface area (Å²) in [6.07, 6.45) is -6.08. The molecule has 3 aromatic carbocycles. The predicted molar refractivity (Wildman–Crippen MR) is 118 cm³/mol. The Morgan fingerprint density at radius 3 is 1.84 bits per heavy atom. The summed E-state index contributed by atoms with van der Waals surface area (Å²) in [6, 6.07) is 25.0. The molecule has 0 saturated carbocycles. The summed E-state index contributed by atoms with van der Waals surface area (Å²) in [6.45, 7) is 0. The Hall–Kier alpha value is -2.97. The molecule has 32 heavy (non-hydrogen) atoms. The number of hydrogen-bond donors (Lipinski definition) is 1. The minimum atomic E-state index is -4.80. The summed E-state index contributed by atoms with van der Waals surface area (Å²) in [5, 5.41) is -2.13. The molecule has 2 N–H and O–H groups in total. The molecule has 0 spiro atoms. The molecular formula is C24H21F3N2O2S. The molecule has 1 fully saturated rings. The van der Waals surface area contributed by atoms with E-state index in [9.17, 15) is 18.0 Å². The predicted octanol–water partition coefficient (Wildman–Crippen LogP) is 5.66. The Morgan fingerprint density at radius 2 is 1.41 bits per heavy atom. The van der Waals surface area contributed by atoms with Crippen molar-refractivity contribution in [2.75, 3.05) is 5.75 Å². The molecule has 166 valence electrons. The van der Waals surface area contributed by atoms with Gasteiger partial charge in [-0.1, -0.05) is 103 Å². The number of nitrogens with zero attached hydrogens (tertiary/aromatic N) is 1. The smallest absolute Gasteiger partial charge is 0.413 e. The van der Waals surface area contributed by atoms with Crippen LogP contribution in [0.15, 0.2) is 91.0 Å². The van der Waals surface area contributed by atoms with Crippen LogP contribution in [-0.2, 0) is 9.79 Å². The molecule has 1 heterocycles. The fraction of sp³-hybridized carbons (Fsp3) is 0.208. The van der Waals surface area contributed by atoms with Gasteiger partial charge in [0.05, 0.1) is 0 Å². The quantitative estimate of drug-likeness (QED) is 0.501. The van der Waals surface area contributed by atoms with Crippen molar-refractivity contribution in [1.82, 2.24) is 4.90 Å². The highest BCUT2D eigenvalue weighted by Crippen LogP contribution is 2.56. The van der Waals surface area contributed by atoms with Crippen molar-refractivity contribution >= 4 is 17.9 Å². The lowest BCUT2D eigenvalue weighted by atomic mass is 9.84. The van der Waals surface area contributed by atoms with E-state index in [1.807, 2.05) is 36.4 Å². The zero-order valence-corrected chi connectivity index (χ0v) is 17.7. The summed E-state index contributed by atoms with van der Waals surface area (Å²) in [7, 11) is 0. The molecule has 0 aromatic heterocycles. The zero-order chi connectivity index (χ0) is 22.8. The van der Waals surface area contributed by atoms with Gasteiger partial charge in [0, 0.05) is 23.3 Å². The molecule has 4 nitrogen and oxygen atoms in total. The van der Waals surface area contributed by atoms with Crippen LogP contribution in [0.2, 0.25) is 0 Å². The molecule has 0 radical (unpaired) electrons. The maximum atomic E-state index is 14.7. The van der Waals surface area contributed by atoms with Crippen LogP contribution in [0.5, 0.6) is 0 Å². The fourth-order valence-electron chi connectivity index (χ4n) is 4.26. The van der Waals surface area contributed by atoms with Gasteiger partial charge in [-0.2, -0.15) is 18.1 Å². The Bertz CT molecular complexity index is 1010. The Labute approximate surface area is 188 Å². The van der Waals surface area contributed by atoms with E-state index in [0.717, 1.165) is 22.9 Å². The maximum absolute atomic E-state index is 14.7. The molecular weight excluding hydrogens is 437 g/mol. The van der Waals surface area contributed by atoms with Gasteiger partial charge < -0.3 is 10.5 Å². The van der Waals surface area contributed by atoms with E-state index < -0.39 is 29.4 Å². The van der Waals surface area contributed by atoms with Crippen LogP contribution in [-0.4, -0.2) is 29.1 Å². The molecule has 4 rings (SSSR count). The molecule has 8 heteroatoms. The van der Waals surface area contributed by atoms with Crippen molar-refractivity contribution in [1.29, 1.82) is 0 Å².